The summed E-state index contributed by atoms with van der Waals surface area (Å²) in [6.07, 6.45) is 0. The van der Waals surface area contributed by atoms with E-state index in [2.05, 4.69) is 10.6 Å². The lowest BCUT2D eigenvalue weighted by Crippen LogP contribution is -2.44. The highest BCUT2D eigenvalue weighted by atomic mass is 32.1. The molecule has 0 aliphatic heterocycles. The first-order valence-electron chi connectivity index (χ1n) is 5.47. The highest BCUT2D eigenvalue weighted by Gasteiger charge is 2.09. The minimum Gasteiger partial charge on any atom is -0.351 e. The van der Waals surface area contributed by atoms with Crippen molar-refractivity contribution in [1.82, 2.24) is 10.6 Å². The molecule has 0 aliphatic carbocycles. The van der Waals surface area contributed by atoms with E-state index in [9.17, 15) is 9.59 Å². The summed E-state index contributed by atoms with van der Waals surface area (Å²) in [7, 11) is 0. The summed E-state index contributed by atoms with van der Waals surface area (Å²) >= 11 is 4.76. The van der Waals surface area contributed by atoms with E-state index in [0.29, 0.717) is 5.56 Å². The fraction of sp³-hybridized carbons (Fsp3) is 0. The smallest absolute Gasteiger partial charge is 0.318 e. The number of hydrogen-bond acceptors (Lipinski definition) is 3. The number of fused-ring (bicyclic) bond motifs is 1. The van der Waals surface area contributed by atoms with Crippen LogP contribution in [-0.2, 0) is 0 Å². The number of amides is 3. The monoisotopic (exact) mass is 273 g/mol. The Morgan fingerprint density at radius 1 is 1.00 bits per heavy atom. The van der Waals surface area contributed by atoms with Gasteiger partial charge in [0, 0.05) is 5.56 Å². The quantitative estimate of drug-likeness (QED) is 0.689. The van der Waals surface area contributed by atoms with E-state index in [1.54, 1.807) is 12.1 Å². The summed E-state index contributed by atoms with van der Waals surface area (Å²) in [6, 6.07) is 12.1. The molecule has 0 unspecified atom stereocenters. The summed E-state index contributed by atoms with van der Waals surface area (Å²) in [5.74, 6) is -0.399. The molecular formula is C13H11N3O2S. The Balaban J connectivity index is 2.17. The molecule has 2 aromatic rings. The third-order valence-electron chi connectivity index (χ3n) is 2.48. The van der Waals surface area contributed by atoms with Crippen molar-refractivity contribution >= 4 is 40.0 Å². The lowest BCUT2D eigenvalue weighted by molar-refractivity contribution is 0.0977. The molecule has 0 atom stereocenters. The molecule has 0 aromatic heterocycles. The lowest BCUT2D eigenvalue weighted by atomic mass is 10.1. The van der Waals surface area contributed by atoms with Crippen molar-refractivity contribution in [2.45, 2.75) is 0 Å². The molecule has 5 nitrogen and oxygen atoms in total. The van der Waals surface area contributed by atoms with Crippen LogP contribution >= 0.6 is 12.2 Å². The largest absolute Gasteiger partial charge is 0.351 e. The number of benzene rings is 2. The van der Waals surface area contributed by atoms with E-state index in [-0.39, 0.29) is 5.11 Å². The van der Waals surface area contributed by atoms with Crippen molar-refractivity contribution in [2.24, 2.45) is 5.73 Å². The van der Waals surface area contributed by atoms with Gasteiger partial charge in [-0.25, -0.2) is 4.79 Å². The van der Waals surface area contributed by atoms with Crippen LogP contribution in [-0.4, -0.2) is 17.1 Å². The third kappa shape index (κ3) is 3.26. The Morgan fingerprint density at radius 2 is 1.68 bits per heavy atom. The Labute approximate surface area is 114 Å². The predicted molar refractivity (Wildman–Crippen MR) is 76.7 cm³/mol. The van der Waals surface area contributed by atoms with Crippen molar-refractivity contribution in [3.8, 4) is 0 Å². The highest BCUT2D eigenvalue weighted by molar-refractivity contribution is 7.80. The molecule has 0 heterocycles. The second-order valence-corrected chi connectivity index (χ2v) is 4.24. The molecule has 0 aliphatic rings. The normalized spacial score (nSPS) is 9.89. The Kier molecular flexibility index (Phi) is 3.72. The highest BCUT2D eigenvalue weighted by Crippen LogP contribution is 2.15. The van der Waals surface area contributed by atoms with Gasteiger partial charge in [-0.1, -0.05) is 30.3 Å². The summed E-state index contributed by atoms with van der Waals surface area (Å²) < 4.78 is 0. The number of carbonyl (C=O) groups is 2. The molecule has 0 saturated heterocycles. The van der Waals surface area contributed by atoms with E-state index < -0.39 is 11.9 Å². The number of rotatable bonds is 1. The summed E-state index contributed by atoms with van der Waals surface area (Å²) in [6.45, 7) is 0. The van der Waals surface area contributed by atoms with Crippen molar-refractivity contribution in [3.05, 3.63) is 48.0 Å². The van der Waals surface area contributed by atoms with Gasteiger partial charge >= 0.3 is 6.03 Å². The number of carbonyl (C=O) groups excluding carboxylic acids is 2. The minimum absolute atomic E-state index is 0.120. The first-order valence-corrected chi connectivity index (χ1v) is 5.87. The van der Waals surface area contributed by atoms with Gasteiger partial charge < -0.3 is 5.73 Å². The summed E-state index contributed by atoms with van der Waals surface area (Å²) in [5, 5.41) is 6.36. The number of nitrogens with one attached hydrogen (secondary N) is 2. The van der Waals surface area contributed by atoms with Gasteiger partial charge in [0.15, 0.2) is 5.11 Å². The van der Waals surface area contributed by atoms with Crippen molar-refractivity contribution in [3.63, 3.8) is 0 Å². The van der Waals surface area contributed by atoms with Gasteiger partial charge in [-0.2, -0.15) is 0 Å². The molecule has 6 heteroatoms. The standard InChI is InChI=1S/C13H11N3O2S/c14-12(18)16-13(19)15-11(17)10-6-5-8-3-1-2-4-9(8)7-10/h1-7H,(H4,14,15,16,17,18,19). The minimum atomic E-state index is -0.816. The number of hydrogen-bond donors (Lipinski definition) is 3. The Bertz CT molecular complexity index is 670. The second-order valence-electron chi connectivity index (χ2n) is 3.83. The lowest BCUT2D eigenvalue weighted by Gasteiger charge is -2.07. The maximum Gasteiger partial charge on any atom is 0.318 e. The Morgan fingerprint density at radius 3 is 2.37 bits per heavy atom. The predicted octanol–water partition coefficient (Wildman–Crippen LogP) is 1.52. The van der Waals surface area contributed by atoms with E-state index in [0.717, 1.165) is 10.8 Å². The Hall–Kier alpha value is -2.47. The molecule has 96 valence electrons. The molecule has 0 bridgehead atoms. The summed E-state index contributed by atoms with van der Waals surface area (Å²) in [4.78, 5) is 22.5. The number of urea groups is 1. The average molecular weight is 273 g/mol. The van der Waals surface area contributed by atoms with E-state index in [1.165, 1.54) is 0 Å². The van der Waals surface area contributed by atoms with E-state index in [4.69, 9.17) is 18.0 Å². The first kappa shape index (κ1) is 13.0. The zero-order valence-corrected chi connectivity index (χ0v) is 10.7. The van der Waals surface area contributed by atoms with Crippen LogP contribution in [0, 0.1) is 0 Å². The van der Waals surface area contributed by atoms with Crippen LogP contribution in [0.1, 0.15) is 10.4 Å². The number of nitrogens with two attached hydrogens (primary N) is 1. The van der Waals surface area contributed by atoms with Crippen LogP contribution in [0.2, 0.25) is 0 Å². The average Bonchev–Trinajstić information content (AvgIpc) is 2.37. The molecule has 3 amide bonds. The molecular weight excluding hydrogens is 262 g/mol. The van der Waals surface area contributed by atoms with Crippen molar-refractivity contribution in [1.29, 1.82) is 0 Å². The van der Waals surface area contributed by atoms with E-state index in [1.807, 2.05) is 30.3 Å². The molecule has 2 rings (SSSR count). The number of primary amides is 1. The van der Waals surface area contributed by atoms with Crippen molar-refractivity contribution < 1.29 is 9.59 Å². The number of thiocarbonyl (C=S) groups is 1. The van der Waals surface area contributed by atoms with Crippen LogP contribution in [0.5, 0.6) is 0 Å². The zero-order chi connectivity index (χ0) is 13.8. The molecule has 4 N–H and O–H groups in total. The van der Waals surface area contributed by atoms with Gasteiger partial charge in [0.1, 0.15) is 0 Å². The van der Waals surface area contributed by atoms with Crippen LogP contribution in [0.3, 0.4) is 0 Å². The molecule has 0 spiro atoms. The van der Waals surface area contributed by atoms with Gasteiger partial charge in [0.05, 0.1) is 0 Å². The van der Waals surface area contributed by atoms with Crippen LogP contribution < -0.4 is 16.4 Å². The molecule has 19 heavy (non-hydrogen) atoms. The molecule has 2 aromatic carbocycles. The van der Waals surface area contributed by atoms with E-state index >= 15 is 0 Å². The van der Waals surface area contributed by atoms with Crippen LogP contribution in [0.15, 0.2) is 42.5 Å². The van der Waals surface area contributed by atoms with Crippen molar-refractivity contribution in [2.75, 3.05) is 0 Å². The zero-order valence-electron chi connectivity index (χ0n) is 9.84. The second kappa shape index (κ2) is 5.45. The van der Waals surface area contributed by atoms with Gasteiger partial charge in [0.2, 0.25) is 0 Å². The topological polar surface area (TPSA) is 84.2 Å². The maximum absolute atomic E-state index is 11.9. The maximum atomic E-state index is 11.9. The molecule has 0 radical (unpaired) electrons. The van der Waals surface area contributed by atoms with Crippen LogP contribution in [0.4, 0.5) is 4.79 Å². The molecule has 0 saturated carbocycles. The first-order chi connectivity index (χ1) is 9.06. The van der Waals surface area contributed by atoms with Gasteiger partial charge in [-0.05, 0) is 35.1 Å². The van der Waals surface area contributed by atoms with Crippen LogP contribution in [0.25, 0.3) is 10.8 Å². The molecule has 0 fully saturated rings. The SMILES string of the molecule is NC(=O)NC(=S)NC(=O)c1ccc2ccccc2c1. The van der Waals surface area contributed by atoms with Gasteiger partial charge in [-0.3, -0.25) is 15.4 Å². The van der Waals surface area contributed by atoms with Gasteiger partial charge in [0.25, 0.3) is 5.91 Å². The fourth-order valence-electron chi connectivity index (χ4n) is 1.65. The summed E-state index contributed by atoms with van der Waals surface area (Å²) in [5.41, 5.74) is 5.34. The van der Waals surface area contributed by atoms with Gasteiger partial charge in [-0.15, -0.1) is 0 Å². The fourth-order valence-corrected chi connectivity index (χ4v) is 1.84. The third-order valence-corrected chi connectivity index (χ3v) is 2.68.